The van der Waals surface area contributed by atoms with Crippen LogP contribution < -0.4 is 20.1 Å². The molecule has 4 aromatic carbocycles. The van der Waals surface area contributed by atoms with Gasteiger partial charge in [0.15, 0.2) is 0 Å². The predicted molar refractivity (Wildman–Crippen MR) is 274 cm³/mol. The van der Waals surface area contributed by atoms with Gasteiger partial charge in [0.1, 0.15) is 23.0 Å². The van der Waals surface area contributed by atoms with Crippen molar-refractivity contribution in [3.05, 3.63) is 93.0 Å². The summed E-state index contributed by atoms with van der Waals surface area (Å²) in [5, 5.41) is 29.4. The number of aromatic hydroxyl groups is 2. The van der Waals surface area contributed by atoms with Crippen molar-refractivity contribution in [1.29, 1.82) is 0 Å². The van der Waals surface area contributed by atoms with E-state index in [1.165, 1.54) is 23.5 Å². The van der Waals surface area contributed by atoms with Crippen LogP contribution in [0.15, 0.2) is 68.1 Å². The Morgan fingerprint density at radius 3 is 1.29 bits per heavy atom. The van der Waals surface area contributed by atoms with Crippen LogP contribution in [0, 0.1) is 38.5 Å². The smallest absolute Gasteiger partial charge is 0.412 e. The molecule has 2 unspecified atom stereocenters. The minimum atomic E-state index is -0.558. The van der Waals surface area contributed by atoms with Gasteiger partial charge in [-0.2, -0.15) is 0 Å². The number of ether oxygens (including phenoxy) is 2. The van der Waals surface area contributed by atoms with Crippen molar-refractivity contribution in [2.75, 3.05) is 6.54 Å². The number of phenolic OH excluding ortho intramolecular Hbond substituents is 2. The summed E-state index contributed by atoms with van der Waals surface area (Å²) >= 11 is 2.82. The number of carbonyl (C=O) groups excluding carboxylic acids is 2. The molecule has 2 atom stereocenters. The minimum absolute atomic E-state index is 0.159. The van der Waals surface area contributed by atoms with Crippen LogP contribution in [0.5, 0.6) is 23.0 Å². The summed E-state index contributed by atoms with van der Waals surface area (Å²) in [6.07, 6.45) is 1.07. The Hall–Kier alpha value is -4.28. The second-order valence-electron chi connectivity index (χ2n) is 24.3. The lowest BCUT2D eigenvalue weighted by Crippen LogP contribution is -2.51. The number of benzene rings is 4. The lowest BCUT2D eigenvalue weighted by Gasteiger charge is -2.46. The summed E-state index contributed by atoms with van der Waals surface area (Å²) in [5.41, 5.74) is 5.87. The Labute approximate surface area is 405 Å². The fourth-order valence-electron chi connectivity index (χ4n) is 9.56. The molecule has 0 spiro atoms. The van der Waals surface area contributed by atoms with Crippen molar-refractivity contribution >= 4 is 35.7 Å². The number of hydrogen-bond donors (Lipinski definition) is 4. The first-order valence-corrected chi connectivity index (χ1v) is 25.0. The van der Waals surface area contributed by atoms with Gasteiger partial charge in [-0.15, -0.1) is 0 Å². The van der Waals surface area contributed by atoms with Gasteiger partial charge in [0.05, 0.1) is 19.6 Å². The average molecular weight is 939 g/mol. The second-order valence-corrected chi connectivity index (χ2v) is 26.5. The zero-order valence-electron chi connectivity index (χ0n) is 43.4. The van der Waals surface area contributed by atoms with E-state index in [0.29, 0.717) is 34.3 Å². The Morgan fingerprint density at radius 2 is 0.909 bits per heavy atom. The first-order valence-electron chi connectivity index (χ1n) is 23.3. The topological polar surface area (TPSA) is 117 Å². The quantitative estimate of drug-likeness (QED) is 0.131. The Balaban J connectivity index is 1.38. The van der Waals surface area contributed by atoms with E-state index >= 15 is 0 Å². The van der Waals surface area contributed by atoms with Crippen LogP contribution in [0.25, 0.3) is 0 Å². The molecule has 0 aliphatic heterocycles. The Kier molecular flexibility index (Phi) is 15.2. The van der Waals surface area contributed by atoms with E-state index in [1.54, 1.807) is 0 Å². The zero-order chi connectivity index (χ0) is 49.7. The molecule has 0 aromatic heterocycles. The van der Waals surface area contributed by atoms with E-state index in [2.05, 4.69) is 127 Å². The normalized spacial score (nSPS) is 17.9. The molecule has 0 saturated heterocycles. The van der Waals surface area contributed by atoms with Crippen LogP contribution in [-0.4, -0.2) is 35.0 Å². The van der Waals surface area contributed by atoms with Crippen molar-refractivity contribution in [2.45, 2.75) is 198 Å². The van der Waals surface area contributed by atoms with Crippen molar-refractivity contribution in [3.63, 3.8) is 0 Å². The minimum Gasteiger partial charge on any atom is -0.506 e. The average Bonchev–Trinajstić information content (AvgIpc) is 3.12. The Morgan fingerprint density at radius 1 is 0.561 bits per heavy atom. The maximum atomic E-state index is 14.2. The fraction of sp³-hybridized carbons (Fsp3) is 0.536. The van der Waals surface area contributed by atoms with E-state index in [1.807, 2.05) is 64.1 Å². The third-order valence-electron chi connectivity index (χ3n) is 12.3. The molecular formula is C56H78N2O6S2. The molecule has 1 saturated carbocycles. The molecule has 1 aliphatic carbocycles. The molecule has 1 aliphatic rings. The van der Waals surface area contributed by atoms with Crippen molar-refractivity contribution in [1.82, 2.24) is 10.6 Å². The van der Waals surface area contributed by atoms with Gasteiger partial charge in [0.2, 0.25) is 0 Å². The molecule has 8 nitrogen and oxygen atoms in total. The highest BCUT2D eigenvalue weighted by Crippen LogP contribution is 2.50. The molecule has 0 heterocycles. The monoisotopic (exact) mass is 939 g/mol. The second kappa shape index (κ2) is 19.0. The van der Waals surface area contributed by atoms with Gasteiger partial charge in [-0.3, -0.25) is 0 Å². The number of aryl methyl sites for hydroxylation is 4. The first-order chi connectivity index (χ1) is 30.0. The summed E-state index contributed by atoms with van der Waals surface area (Å²) in [7, 11) is 0. The van der Waals surface area contributed by atoms with Crippen LogP contribution in [0.4, 0.5) is 9.59 Å². The summed E-state index contributed by atoms with van der Waals surface area (Å²) in [6.45, 7) is 40.2. The zero-order valence-corrected chi connectivity index (χ0v) is 45.0. The molecule has 2 amide bonds. The molecule has 10 heteroatoms. The highest BCUT2D eigenvalue weighted by molar-refractivity contribution is 7.99. The van der Waals surface area contributed by atoms with E-state index in [4.69, 9.17) is 9.47 Å². The standard InChI is InChI=1S/C56H78N2O6S2/c1-32-20-37(51(5,6)7)45(59)41(24-32)65-43-26-34(3)22-39(53(11,12)13)47(43)63-49(61)57-31-56(19)29-36(28-55(17,18)30-56)58-50(62)64-48-40(54(14,15)16)23-35(4)27-44(48)66-42-25-33(2)21-38(46(42)60)52(8,9)10/h20-27,36,59-60H,28-31H2,1-19H3,(H,57,61)(H,58,62). The largest absolute Gasteiger partial charge is 0.506 e. The highest BCUT2D eigenvalue weighted by Gasteiger charge is 2.43. The molecule has 66 heavy (non-hydrogen) atoms. The van der Waals surface area contributed by atoms with Crippen LogP contribution >= 0.6 is 23.5 Å². The van der Waals surface area contributed by atoms with Gasteiger partial charge in [-0.05, 0) is 126 Å². The molecule has 4 N–H and O–H groups in total. The third kappa shape index (κ3) is 13.0. The van der Waals surface area contributed by atoms with Crippen molar-refractivity contribution < 1.29 is 29.3 Å². The number of carbonyl (C=O) groups is 2. The number of nitrogens with one attached hydrogen (secondary N) is 2. The van der Waals surface area contributed by atoms with Crippen molar-refractivity contribution in [3.8, 4) is 23.0 Å². The highest BCUT2D eigenvalue weighted by atomic mass is 32.2. The van der Waals surface area contributed by atoms with E-state index in [0.717, 1.165) is 67.1 Å². The van der Waals surface area contributed by atoms with Gasteiger partial charge < -0.3 is 30.3 Å². The number of hydrogen-bond acceptors (Lipinski definition) is 8. The molecular weight excluding hydrogens is 861 g/mol. The van der Waals surface area contributed by atoms with Crippen LogP contribution in [-0.2, 0) is 21.7 Å². The molecule has 0 bridgehead atoms. The van der Waals surface area contributed by atoms with Gasteiger partial charge in [0.25, 0.3) is 0 Å². The van der Waals surface area contributed by atoms with E-state index < -0.39 is 12.2 Å². The summed E-state index contributed by atoms with van der Waals surface area (Å²) in [5.74, 6) is 1.42. The predicted octanol–water partition coefficient (Wildman–Crippen LogP) is 15.3. The first kappa shape index (κ1) is 52.7. The molecule has 5 rings (SSSR count). The fourth-order valence-corrected chi connectivity index (χ4v) is 11.9. The third-order valence-corrected chi connectivity index (χ3v) is 14.4. The SMILES string of the molecule is Cc1cc(Sc2cc(C)cc(C(C)(C)C)c2OC(=O)NCC2(C)CC(NC(=O)Oc3c(Sc4cc(C)cc(C(C)(C)C)c4O)cc(C)cc3C(C)(C)C)CC(C)(C)C2)c(O)c(C(C)(C)C)c1. The maximum Gasteiger partial charge on any atom is 0.412 e. The van der Waals surface area contributed by atoms with Crippen molar-refractivity contribution in [2.24, 2.45) is 10.8 Å². The lowest BCUT2D eigenvalue weighted by atomic mass is 9.62. The molecule has 0 radical (unpaired) electrons. The summed E-state index contributed by atoms with van der Waals surface area (Å²) in [6, 6.07) is 16.0. The maximum absolute atomic E-state index is 14.2. The number of rotatable bonds is 9. The van der Waals surface area contributed by atoms with Gasteiger partial charge in [-0.1, -0.05) is 152 Å². The molecule has 1 fully saturated rings. The summed E-state index contributed by atoms with van der Waals surface area (Å²) < 4.78 is 12.7. The molecule has 4 aromatic rings. The number of amides is 2. The van der Waals surface area contributed by atoms with Crippen LogP contribution in [0.3, 0.4) is 0 Å². The number of phenols is 2. The van der Waals surface area contributed by atoms with Crippen LogP contribution in [0.1, 0.15) is 168 Å². The van der Waals surface area contributed by atoms with Gasteiger partial charge in [-0.25, -0.2) is 9.59 Å². The van der Waals surface area contributed by atoms with Gasteiger partial charge >= 0.3 is 12.2 Å². The van der Waals surface area contributed by atoms with E-state index in [-0.39, 0.29) is 50.0 Å². The summed E-state index contributed by atoms with van der Waals surface area (Å²) in [4.78, 5) is 31.1. The van der Waals surface area contributed by atoms with E-state index in [9.17, 15) is 19.8 Å². The van der Waals surface area contributed by atoms with Gasteiger partial charge in [0, 0.05) is 34.8 Å². The lowest BCUT2D eigenvalue weighted by molar-refractivity contribution is 0.0699. The van der Waals surface area contributed by atoms with Crippen LogP contribution in [0.2, 0.25) is 0 Å². The Bertz CT molecular complexity index is 2480. The molecule has 360 valence electrons.